The minimum absolute atomic E-state index is 0.0573. The molecular weight excluding hydrogens is 314 g/mol. The van der Waals surface area contributed by atoms with Crippen LogP contribution in [0.1, 0.15) is 31.1 Å². The predicted molar refractivity (Wildman–Crippen MR) is 89.8 cm³/mol. The number of benzene rings is 1. The van der Waals surface area contributed by atoms with Crippen LogP contribution in [0.2, 0.25) is 0 Å². The van der Waals surface area contributed by atoms with Crippen molar-refractivity contribution in [3.05, 3.63) is 29.8 Å². The quantitative estimate of drug-likeness (QED) is 0.841. The molecule has 1 aliphatic rings. The van der Waals surface area contributed by atoms with Crippen LogP contribution in [0.25, 0.3) is 0 Å². The molecule has 0 bridgehead atoms. The Labute approximate surface area is 138 Å². The topological polar surface area (TPSA) is 78.5 Å². The van der Waals surface area contributed by atoms with E-state index in [1.807, 2.05) is 25.7 Å². The van der Waals surface area contributed by atoms with Crippen LogP contribution in [0.3, 0.4) is 0 Å². The Balaban J connectivity index is 2.11. The van der Waals surface area contributed by atoms with Gasteiger partial charge in [-0.15, -0.1) is 0 Å². The van der Waals surface area contributed by atoms with E-state index in [1.54, 1.807) is 12.1 Å². The van der Waals surface area contributed by atoms with Crippen LogP contribution < -0.4 is 10.0 Å². The van der Waals surface area contributed by atoms with Crippen molar-refractivity contribution in [3.63, 3.8) is 0 Å². The molecule has 1 aromatic rings. The molecule has 1 unspecified atom stereocenters. The third kappa shape index (κ3) is 4.53. The summed E-state index contributed by atoms with van der Waals surface area (Å²) in [7, 11) is -3.52. The molecule has 1 fully saturated rings. The fourth-order valence-corrected chi connectivity index (χ4v) is 3.66. The van der Waals surface area contributed by atoms with E-state index in [1.165, 1.54) is 12.1 Å². The number of amides is 1. The molecule has 23 heavy (non-hydrogen) atoms. The minimum Gasteiger partial charge on any atom is -0.333 e. The zero-order chi connectivity index (χ0) is 17.0. The van der Waals surface area contributed by atoms with Crippen molar-refractivity contribution in [2.24, 2.45) is 5.92 Å². The van der Waals surface area contributed by atoms with Gasteiger partial charge in [-0.2, -0.15) is 0 Å². The first kappa shape index (κ1) is 17.9. The number of hydrogen-bond donors (Lipinski definition) is 2. The van der Waals surface area contributed by atoms with E-state index >= 15 is 0 Å². The van der Waals surface area contributed by atoms with Crippen molar-refractivity contribution >= 4 is 15.9 Å². The van der Waals surface area contributed by atoms with Crippen LogP contribution in [0.5, 0.6) is 0 Å². The van der Waals surface area contributed by atoms with E-state index in [0.29, 0.717) is 18.7 Å². The number of nitrogens with one attached hydrogen (secondary N) is 2. The van der Waals surface area contributed by atoms with Gasteiger partial charge in [0.1, 0.15) is 0 Å². The lowest BCUT2D eigenvalue weighted by Crippen LogP contribution is -2.52. The molecule has 1 atom stereocenters. The highest BCUT2D eigenvalue weighted by Crippen LogP contribution is 2.14. The van der Waals surface area contributed by atoms with Gasteiger partial charge >= 0.3 is 0 Å². The molecule has 0 aliphatic carbocycles. The van der Waals surface area contributed by atoms with Crippen LogP contribution in [-0.2, 0) is 10.0 Å². The SMILES string of the molecule is CC(C)CNS(=O)(=O)c1ccc(C(=O)N2CCNCC2C)cc1. The summed E-state index contributed by atoms with van der Waals surface area (Å²) in [4.78, 5) is 14.5. The molecule has 1 aliphatic heterocycles. The Bertz CT molecular complexity index is 641. The molecule has 2 rings (SSSR count). The maximum absolute atomic E-state index is 12.5. The summed E-state index contributed by atoms with van der Waals surface area (Å²) in [6.45, 7) is 8.49. The Morgan fingerprint density at radius 1 is 1.35 bits per heavy atom. The number of sulfonamides is 1. The van der Waals surface area contributed by atoms with Crippen LogP contribution in [0.15, 0.2) is 29.2 Å². The molecule has 6 nitrogen and oxygen atoms in total. The molecule has 2 N–H and O–H groups in total. The number of carbonyl (C=O) groups is 1. The zero-order valence-corrected chi connectivity index (χ0v) is 14.7. The average Bonchev–Trinajstić information content (AvgIpc) is 2.53. The molecule has 1 heterocycles. The molecule has 0 saturated carbocycles. The largest absolute Gasteiger partial charge is 0.333 e. The van der Waals surface area contributed by atoms with Gasteiger partial charge in [0.25, 0.3) is 5.91 Å². The maximum Gasteiger partial charge on any atom is 0.254 e. The van der Waals surface area contributed by atoms with Crippen molar-refractivity contribution in [2.75, 3.05) is 26.2 Å². The van der Waals surface area contributed by atoms with E-state index in [0.717, 1.165) is 13.1 Å². The fourth-order valence-electron chi connectivity index (χ4n) is 2.44. The highest BCUT2D eigenvalue weighted by atomic mass is 32.2. The maximum atomic E-state index is 12.5. The minimum atomic E-state index is -3.52. The van der Waals surface area contributed by atoms with Gasteiger partial charge in [0, 0.05) is 37.8 Å². The summed E-state index contributed by atoms with van der Waals surface area (Å²) in [6, 6.07) is 6.28. The Morgan fingerprint density at radius 2 is 2.00 bits per heavy atom. The first-order chi connectivity index (χ1) is 10.8. The summed E-state index contributed by atoms with van der Waals surface area (Å²) in [5.74, 6) is 0.179. The predicted octanol–water partition coefficient (Wildman–Crippen LogP) is 1.05. The average molecular weight is 339 g/mol. The van der Waals surface area contributed by atoms with Crippen molar-refractivity contribution < 1.29 is 13.2 Å². The molecular formula is C16H25N3O3S. The summed E-state index contributed by atoms with van der Waals surface area (Å²) in [5.41, 5.74) is 0.515. The molecule has 7 heteroatoms. The van der Waals surface area contributed by atoms with Crippen LogP contribution in [-0.4, -0.2) is 51.4 Å². The third-order valence-electron chi connectivity index (χ3n) is 3.86. The van der Waals surface area contributed by atoms with E-state index in [4.69, 9.17) is 0 Å². The highest BCUT2D eigenvalue weighted by molar-refractivity contribution is 7.89. The molecule has 0 aromatic heterocycles. The zero-order valence-electron chi connectivity index (χ0n) is 13.9. The monoisotopic (exact) mass is 339 g/mol. The number of rotatable bonds is 5. The molecule has 1 aromatic carbocycles. The Kier molecular flexibility index (Phi) is 5.78. The van der Waals surface area contributed by atoms with Gasteiger partial charge in [-0.1, -0.05) is 13.8 Å². The second-order valence-electron chi connectivity index (χ2n) is 6.32. The van der Waals surface area contributed by atoms with Crippen molar-refractivity contribution in [1.82, 2.24) is 14.9 Å². The van der Waals surface area contributed by atoms with Crippen molar-refractivity contribution in [3.8, 4) is 0 Å². The van der Waals surface area contributed by atoms with E-state index < -0.39 is 10.0 Å². The van der Waals surface area contributed by atoms with Gasteiger partial charge in [-0.3, -0.25) is 4.79 Å². The second-order valence-corrected chi connectivity index (χ2v) is 8.09. The van der Waals surface area contributed by atoms with Gasteiger partial charge in [0.2, 0.25) is 10.0 Å². The summed E-state index contributed by atoms with van der Waals surface area (Å²) in [6.07, 6.45) is 0. The highest BCUT2D eigenvalue weighted by Gasteiger charge is 2.24. The van der Waals surface area contributed by atoms with E-state index in [2.05, 4.69) is 10.0 Å². The number of hydrogen-bond acceptors (Lipinski definition) is 4. The van der Waals surface area contributed by atoms with Gasteiger partial charge in [0.05, 0.1) is 4.90 Å². The van der Waals surface area contributed by atoms with Crippen molar-refractivity contribution in [2.45, 2.75) is 31.7 Å². The van der Waals surface area contributed by atoms with Gasteiger partial charge < -0.3 is 10.2 Å². The normalized spacial score (nSPS) is 19.1. The Morgan fingerprint density at radius 3 is 2.57 bits per heavy atom. The molecule has 0 spiro atoms. The third-order valence-corrected chi connectivity index (χ3v) is 5.29. The molecule has 0 radical (unpaired) electrons. The lowest BCUT2D eigenvalue weighted by atomic mass is 10.1. The van der Waals surface area contributed by atoms with Crippen LogP contribution in [0.4, 0.5) is 0 Å². The fraction of sp³-hybridized carbons (Fsp3) is 0.562. The first-order valence-electron chi connectivity index (χ1n) is 7.92. The Hall–Kier alpha value is -1.44. The number of piperazine rings is 1. The van der Waals surface area contributed by atoms with Crippen LogP contribution >= 0.6 is 0 Å². The van der Waals surface area contributed by atoms with E-state index in [9.17, 15) is 13.2 Å². The molecule has 1 saturated heterocycles. The number of carbonyl (C=O) groups excluding carboxylic acids is 1. The summed E-state index contributed by atoms with van der Waals surface area (Å²) < 4.78 is 26.9. The van der Waals surface area contributed by atoms with E-state index in [-0.39, 0.29) is 22.8 Å². The number of nitrogens with zero attached hydrogens (tertiary/aromatic N) is 1. The standard InChI is InChI=1S/C16H25N3O3S/c1-12(2)10-18-23(21,22)15-6-4-14(5-7-15)16(20)19-9-8-17-11-13(19)3/h4-7,12-13,17-18H,8-11H2,1-3H3. The lowest BCUT2D eigenvalue weighted by molar-refractivity contribution is 0.0655. The van der Waals surface area contributed by atoms with Crippen LogP contribution in [0, 0.1) is 5.92 Å². The van der Waals surface area contributed by atoms with Gasteiger partial charge in [-0.25, -0.2) is 13.1 Å². The lowest BCUT2D eigenvalue weighted by Gasteiger charge is -2.34. The summed E-state index contributed by atoms with van der Waals surface area (Å²) >= 11 is 0. The second kappa shape index (κ2) is 7.42. The smallest absolute Gasteiger partial charge is 0.254 e. The van der Waals surface area contributed by atoms with Crippen molar-refractivity contribution in [1.29, 1.82) is 0 Å². The van der Waals surface area contributed by atoms with Gasteiger partial charge in [-0.05, 0) is 37.1 Å². The first-order valence-corrected chi connectivity index (χ1v) is 9.41. The van der Waals surface area contributed by atoms with Gasteiger partial charge in [0.15, 0.2) is 0 Å². The molecule has 128 valence electrons. The molecule has 1 amide bonds. The summed E-state index contributed by atoms with van der Waals surface area (Å²) in [5, 5.41) is 3.24.